The summed E-state index contributed by atoms with van der Waals surface area (Å²) in [7, 11) is 0. The zero-order valence-corrected chi connectivity index (χ0v) is 9.85. The van der Waals surface area contributed by atoms with E-state index in [1.165, 1.54) is 10.8 Å². The number of benzene rings is 2. The van der Waals surface area contributed by atoms with Crippen LogP contribution in [0, 0.1) is 11.3 Å². The summed E-state index contributed by atoms with van der Waals surface area (Å²) >= 11 is 0. The van der Waals surface area contributed by atoms with Crippen LogP contribution in [-0.2, 0) is 0 Å². The first-order valence-electron chi connectivity index (χ1n) is 5.92. The molecule has 0 spiro atoms. The molecule has 0 amide bonds. The Balaban J connectivity index is 2.13. The van der Waals surface area contributed by atoms with Crippen LogP contribution in [0.4, 0.5) is 0 Å². The van der Waals surface area contributed by atoms with Gasteiger partial charge < -0.3 is 4.98 Å². The fraction of sp³-hybridized carbons (Fsp3) is 0.0625. The number of allylic oxidation sites excluding steroid dienone is 1. The Hall–Kier alpha value is -2.53. The number of nitriles is 1. The summed E-state index contributed by atoms with van der Waals surface area (Å²) in [6, 6.07) is 16.7. The quantitative estimate of drug-likeness (QED) is 0.705. The first-order chi connectivity index (χ1) is 8.88. The molecule has 1 heterocycles. The first-order valence-corrected chi connectivity index (χ1v) is 5.92. The van der Waals surface area contributed by atoms with Crippen LogP contribution in [0.3, 0.4) is 0 Å². The third-order valence-electron chi connectivity index (χ3n) is 3.05. The van der Waals surface area contributed by atoms with Gasteiger partial charge in [-0.05, 0) is 17.7 Å². The van der Waals surface area contributed by atoms with Gasteiger partial charge in [0.15, 0.2) is 0 Å². The number of fused-ring (bicyclic) bond motifs is 3. The van der Waals surface area contributed by atoms with Crippen LogP contribution in [0.15, 0.2) is 48.5 Å². The minimum absolute atomic E-state index is 0.449. The van der Waals surface area contributed by atoms with Crippen LogP contribution in [0.5, 0.6) is 0 Å². The van der Waals surface area contributed by atoms with Gasteiger partial charge >= 0.3 is 0 Å². The molecule has 86 valence electrons. The fourth-order valence-corrected chi connectivity index (χ4v) is 2.22. The molecular formula is C16H12N2. The highest BCUT2D eigenvalue weighted by molar-refractivity contribution is 6.07. The van der Waals surface area contributed by atoms with Crippen molar-refractivity contribution in [2.45, 2.75) is 6.42 Å². The van der Waals surface area contributed by atoms with Gasteiger partial charge in [0.1, 0.15) is 0 Å². The van der Waals surface area contributed by atoms with Crippen LogP contribution in [-0.4, -0.2) is 4.98 Å². The standard InChI is InChI=1S/C16H12N2/c17-10-4-3-5-12-8-9-14-13-6-1-2-7-15(13)18-16(14)11-12/h1-3,5-9,11,18H,4H2. The summed E-state index contributed by atoms with van der Waals surface area (Å²) < 4.78 is 0. The molecule has 1 aromatic heterocycles. The zero-order valence-electron chi connectivity index (χ0n) is 9.85. The minimum atomic E-state index is 0.449. The highest BCUT2D eigenvalue weighted by atomic mass is 14.7. The largest absolute Gasteiger partial charge is 0.354 e. The molecule has 0 aliphatic carbocycles. The smallest absolute Gasteiger partial charge is 0.0663 e. The van der Waals surface area contributed by atoms with Crippen molar-refractivity contribution in [3.63, 3.8) is 0 Å². The van der Waals surface area contributed by atoms with E-state index >= 15 is 0 Å². The van der Waals surface area contributed by atoms with Crippen molar-refractivity contribution in [2.75, 3.05) is 0 Å². The van der Waals surface area contributed by atoms with Gasteiger partial charge in [-0.3, -0.25) is 0 Å². The molecule has 0 aliphatic heterocycles. The molecule has 0 fully saturated rings. The Labute approximate surface area is 105 Å². The van der Waals surface area contributed by atoms with Crippen molar-refractivity contribution in [1.82, 2.24) is 4.98 Å². The predicted octanol–water partition coefficient (Wildman–Crippen LogP) is 4.25. The Morgan fingerprint density at radius 2 is 1.89 bits per heavy atom. The molecule has 2 nitrogen and oxygen atoms in total. The summed E-state index contributed by atoms with van der Waals surface area (Å²) in [4.78, 5) is 3.41. The lowest BCUT2D eigenvalue weighted by Gasteiger charge is -1.94. The summed E-state index contributed by atoms with van der Waals surface area (Å²) in [5, 5.41) is 11.0. The molecule has 18 heavy (non-hydrogen) atoms. The molecule has 0 unspecified atom stereocenters. The third kappa shape index (κ3) is 1.76. The van der Waals surface area contributed by atoms with E-state index in [2.05, 4.69) is 47.5 Å². The minimum Gasteiger partial charge on any atom is -0.354 e. The summed E-state index contributed by atoms with van der Waals surface area (Å²) in [6.45, 7) is 0. The van der Waals surface area contributed by atoms with Crippen molar-refractivity contribution >= 4 is 27.9 Å². The Bertz CT molecular complexity index is 772. The van der Waals surface area contributed by atoms with E-state index in [-0.39, 0.29) is 0 Å². The molecule has 0 bridgehead atoms. The van der Waals surface area contributed by atoms with Crippen molar-refractivity contribution in [3.05, 3.63) is 54.1 Å². The number of aromatic nitrogens is 1. The number of nitrogens with one attached hydrogen (secondary N) is 1. The normalized spacial score (nSPS) is 11.3. The highest BCUT2D eigenvalue weighted by Crippen LogP contribution is 2.26. The van der Waals surface area contributed by atoms with E-state index in [1.54, 1.807) is 0 Å². The molecule has 0 saturated heterocycles. The Morgan fingerprint density at radius 1 is 1.06 bits per heavy atom. The SMILES string of the molecule is N#CCC=Cc1ccc2c(c1)[nH]c1ccccc12. The number of para-hydroxylation sites is 1. The number of aromatic amines is 1. The number of hydrogen-bond donors (Lipinski definition) is 1. The maximum Gasteiger partial charge on any atom is 0.0663 e. The van der Waals surface area contributed by atoms with Crippen LogP contribution in [0.1, 0.15) is 12.0 Å². The van der Waals surface area contributed by atoms with Crippen molar-refractivity contribution in [3.8, 4) is 6.07 Å². The van der Waals surface area contributed by atoms with Gasteiger partial charge in [-0.25, -0.2) is 0 Å². The molecule has 3 aromatic rings. The van der Waals surface area contributed by atoms with Crippen LogP contribution >= 0.6 is 0 Å². The van der Waals surface area contributed by atoms with E-state index in [4.69, 9.17) is 5.26 Å². The summed E-state index contributed by atoms with van der Waals surface area (Å²) in [6.07, 6.45) is 4.31. The van der Waals surface area contributed by atoms with Crippen LogP contribution in [0.25, 0.3) is 27.9 Å². The molecule has 2 heteroatoms. The monoisotopic (exact) mass is 232 g/mol. The molecule has 2 aromatic carbocycles. The molecule has 0 radical (unpaired) electrons. The molecule has 3 rings (SSSR count). The average Bonchev–Trinajstić information content (AvgIpc) is 2.76. The molecule has 0 saturated carbocycles. The molecule has 1 N–H and O–H groups in total. The lowest BCUT2D eigenvalue weighted by Crippen LogP contribution is -1.73. The lowest BCUT2D eigenvalue weighted by molar-refractivity contribution is 1.36. The first kappa shape index (κ1) is 10.6. The van der Waals surface area contributed by atoms with Gasteiger partial charge in [0.05, 0.1) is 12.5 Å². The van der Waals surface area contributed by atoms with Gasteiger partial charge in [-0.2, -0.15) is 5.26 Å². The van der Waals surface area contributed by atoms with Gasteiger partial charge in [-0.15, -0.1) is 0 Å². The van der Waals surface area contributed by atoms with Crippen molar-refractivity contribution in [1.29, 1.82) is 5.26 Å². The van der Waals surface area contributed by atoms with Gasteiger partial charge in [-0.1, -0.05) is 42.5 Å². The number of hydrogen-bond acceptors (Lipinski definition) is 1. The Kier molecular flexibility index (Phi) is 2.59. The van der Waals surface area contributed by atoms with E-state index in [9.17, 15) is 0 Å². The maximum atomic E-state index is 8.50. The van der Waals surface area contributed by atoms with Gasteiger partial charge in [0.25, 0.3) is 0 Å². The van der Waals surface area contributed by atoms with E-state index in [1.807, 2.05) is 18.2 Å². The maximum absolute atomic E-state index is 8.50. The zero-order chi connectivity index (χ0) is 12.4. The lowest BCUT2D eigenvalue weighted by atomic mass is 10.1. The number of nitrogens with zero attached hydrogens (tertiary/aromatic N) is 1. The van der Waals surface area contributed by atoms with Gasteiger partial charge in [0.2, 0.25) is 0 Å². The molecular weight excluding hydrogens is 220 g/mol. The van der Waals surface area contributed by atoms with Crippen LogP contribution < -0.4 is 0 Å². The number of H-pyrrole nitrogens is 1. The second kappa shape index (κ2) is 4.38. The third-order valence-corrected chi connectivity index (χ3v) is 3.05. The van der Waals surface area contributed by atoms with Gasteiger partial charge in [0, 0.05) is 21.8 Å². The second-order valence-corrected chi connectivity index (χ2v) is 4.24. The van der Waals surface area contributed by atoms with Crippen molar-refractivity contribution < 1.29 is 0 Å². The van der Waals surface area contributed by atoms with E-state index in [0.717, 1.165) is 16.6 Å². The molecule has 0 atom stereocenters. The highest BCUT2D eigenvalue weighted by Gasteiger charge is 2.02. The second-order valence-electron chi connectivity index (χ2n) is 4.24. The van der Waals surface area contributed by atoms with Crippen molar-refractivity contribution in [2.24, 2.45) is 0 Å². The van der Waals surface area contributed by atoms with Crippen LogP contribution in [0.2, 0.25) is 0 Å². The Morgan fingerprint density at radius 3 is 2.78 bits per heavy atom. The average molecular weight is 232 g/mol. The number of rotatable bonds is 2. The molecule has 0 aliphatic rings. The topological polar surface area (TPSA) is 39.6 Å². The summed E-state index contributed by atoms with van der Waals surface area (Å²) in [5.41, 5.74) is 3.41. The summed E-state index contributed by atoms with van der Waals surface area (Å²) in [5.74, 6) is 0. The van der Waals surface area contributed by atoms with E-state index in [0.29, 0.717) is 6.42 Å². The predicted molar refractivity (Wildman–Crippen MR) is 75.1 cm³/mol. The fourth-order valence-electron chi connectivity index (χ4n) is 2.22. The van der Waals surface area contributed by atoms with E-state index < -0.39 is 0 Å².